The molecule has 0 aliphatic heterocycles. The highest BCUT2D eigenvalue weighted by molar-refractivity contribution is 6.24. The first-order chi connectivity index (χ1) is 20.9. The summed E-state index contributed by atoms with van der Waals surface area (Å²) in [5, 5.41) is 7.62. The molecule has 0 radical (unpaired) electrons. The van der Waals surface area contributed by atoms with Crippen LogP contribution in [0, 0.1) is 0 Å². The van der Waals surface area contributed by atoms with E-state index >= 15 is 0 Å². The highest BCUT2D eigenvalue weighted by Gasteiger charge is 2.31. The quantitative estimate of drug-likeness (QED) is 0.221. The molecule has 9 rings (SSSR count). The van der Waals surface area contributed by atoms with Crippen molar-refractivity contribution < 1.29 is 0 Å². The van der Waals surface area contributed by atoms with Crippen molar-refractivity contribution in [3.8, 4) is 55.6 Å². The van der Waals surface area contributed by atoms with Crippen LogP contribution in [0.25, 0.3) is 88.0 Å². The standard InChI is InChI=1S/C41H25N/c1-3-17-30-26(10-1)12-5-19-32(30)37-24-36(29-16-9-23-42-25-29)39(33-20-6-13-27-11-2-4-18-31(27)33)41-35-22-8-15-28-14-7-21-34(38(28)35)40(37)41/h1-25H. The number of hydrogen-bond acceptors (Lipinski definition) is 1. The molecule has 0 bridgehead atoms. The molecule has 0 fully saturated rings. The Morgan fingerprint density at radius 2 is 0.905 bits per heavy atom. The van der Waals surface area contributed by atoms with Gasteiger partial charge in [-0.05, 0) is 94.5 Å². The Balaban J connectivity index is 1.53. The lowest BCUT2D eigenvalue weighted by Crippen LogP contribution is -1.96. The number of fused-ring (bicyclic) bond motifs is 5. The predicted molar refractivity (Wildman–Crippen MR) is 177 cm³/mol. The van der Waals surface area contributed by atoms with E-state index in [9.17, 15) is 0 Å². The van der Waals surface area contributed by atoms with Crippen molar-refractivity contribution in [2.24, 2.45) is 0 Å². The zero-order valence-corrected chi connectivity index (χ0v) is 22.9. The number of hydrogen-bond donors (Lipinski definition) is 0. The maximum atomic E-state index is 4.58. The first kappa shape index (κ1) is 23.2. The lowest BCUT2D eigenvalue weighted by molar-refractivity contribution is 1.33. The fourth-order valence-corrected chi connectivity index (χ4v) is 7.14. The van der Waals surface area contributed by atoms with Crippen LogP contribution in [0.3, 0.4) is 0 Å². The number of aromatic nitrogens is 1. The van der Waals surface area contributed by atoms with E-state index < -0.39 is 0 Å². The second-order valence-electron chi connectivity index (χ2n) is 11.1. The van der Waals surface area contributed by atoms with Crippen LogP contribution in [0.15, 0.2) is 152 Å². The first-order valence-electron chi connectivity index (χ1n) is 14.5. The number of pyridine rings is 1. The Morgan fingerprint density at radius 3 is 1.60 bits per heavy atom. The van der Waals surface area contributed by atoms with Crippen molar-refractivity contribution in [3.05, 3.63) is 152 Å². The summed E-state index contributed by atoms with van der Waals surface area (Å²) in [4.78, 5) is 4.58. The van der Waals surface area contributed by atoms with Crippen molar-refractivity contribution in [2.45, 2.75) is 0 Å². The molecule has 42 heavy (non-hydrogen) atoms. The van der Waals surface area contributed by atoms with Crippen molar-refractivity contribution in [1.29, 1.82) is 0 Å². The van der Waals surface area contributed by atoms with Gasteiger partial charge in [0.25, 0.3) is 0 Å². The van der Waals surface area contributed by atoms with Crippen molar-refractivity contribution >= 4 is 32.3 Å². The zero-order chi connectivity index (χ0) is 27.6. The fourth-order valence-electron chi connectivity index (χ4n) is 7.14. The largest absolute Gasteiger partial charge is 0.264 e. The average Bonchev–Trinajstić information content (AvgIpc) is 3.40. The molecule has 1 aromatic heterocycles. The van der Waals surface area contributed by atoms with E-state index in [2.05, 4.69) is 138 Å². The summed E-state index contributed by atoms with van der Waals surface area (Å²) in [5.41, 5.74) is 12.6. The van der Waals surface area contributed by atoms with Gasteiger partial charge in [-0.1, -0.05) is 127 Å². The molecule has 0 unspecified atom stereocenters. The van der Waals surface area contributed by atoms with Gasteiger partial charge in [-0.15, -0.1) is 0 Å². The predicted octanol–water partition coefficient (Wildman–Crippen LogP) is 11.2. The summed E-state index contributed by atoms with van der Waals surface area (Å²) in [6.45, 7) is 0. The van der Waals surface area contributed by atoms with Gasteiger partial charge >= 0.3 is 0 Å². The van der Waals surface area contributed by atoms with Crippen LogP contribution in [0.2, 0.25) is 0 Å². The Kier molecular flexibility index (Phi) is 4.97. The van der Waals surface area contributed by atoms with E-state index in [0.717, 1.165) is 5.56 Å². The summed E-state index contributed by atoms with van der Waals surface area (Å²) < 4.78 is 0. The lowest BCUT2D eigenvalue weighted by atomic mass is 9.81. The van der Waals surface area contributed by atoms with Crippen LogP contribution in [-0.4, -0.2) is 4.98 Å². The smallest absolute Gasteiger partial charge is 0.0346 e. The van der Waals surface area contributed by atoms with Gasteiger partial charge in [0, 0.05) is 18.0 Å². The normalized spacial score (nSPS) is 11.8. The third kappa shape index (κ3) is 3.28. The molecule has 1 nitrogen and oxygen atoms in total. The van der Waals surface area contributed by atoms with E-state index in [-0.39, 0.29) is 0 Å². The molecule has 0 N–H and O–H groups in total. The molecule has 0 amide bonds. The van der Waals surface area contributed by atoms with E-state index in [4.69, 9.17) is 0 Å². The molecule has 0 spiro atoms. The highest BCUT2D eigenvalue weighted by Crippen LogP contribution is 2.58. The van der Waals surface area contributed by atoms with Crippen LogP contribution in [-0.2, 0) is 0 Å². The molecule has 1 aliphatic carbocycles. The first-order valence-corrected chi connectivity index (χ1v) is 14.5. The lowest BCUT2D eigenvalue weighted by Gasteiger charge is -2.22. The van der Waals surface area contributed by atoms with Gasteiger partial charge in [0.15, 0.2) is 0 Å². The van der Waals surface area contributed by atoms with E-state index in [1.165, 1.54) is 82.4 Å². The number of benzene rings is 7. The second kappa shape index (κ2) is 8.99. The number of rotatable bonds is 3. The molecule has 1 heteroatoms. The van der Waals surface area contributed by atoms with E-state index in [1.54, 1.807) is 0 Å². The average molecular weight is 532 g/mol. The molecule has 0 atom stereocenters. The third-order valence-electron chi connectivity index (χ3n) is 8.88. The fraction of sp³-hybridized carbons (Fsp3) is 0. The van der Waals surface area contributed by atoms with Gasteiger partial charge in [0.1, 0.15) is 0 Å². The molecule has 8 aromatic rings. The Bertz CT molecular complexity index is 2330. The summed E-state index contributed by atoms with van der Waals surface area (Å²) >= 11 is 0. The Morgan fingerprint density at radius 1 is 0.357 bits per heavy atom. The minimum atomic E-state index is 1.12. The summed E-state index contributed by atoms with van der Waals surface area (Å²) in [6.07, 6.45) is 3.86. The SMILES string of the molecule is c1cncc(-c2cc(-c3cccc4ccccc34)c3c(c2-c2cccc4ccccc24)-c2cccc4cccc-3c24)c1. The van der Waals surface area contributed by atoms with Crippen molar-refractivity contribution in [3.63, 3.8) is 0 Å². The van der Waals surface area contributed by atoms with Gasteiger partial charge in [0.05, 0.1) is 0 Å². The maximum absolute atomic E-state index is 4.58. The second-order valence-corrected chi connectivity index (χ2v) is 11.1. The molecule has 194 valence electrons. The molecule has 1 aliphatic rings. The topological polar surface area (TPSA) is 12.9 Å². The van der Waals surface area contributed by atoms with Crippen LogP contribution >= 0.6 is 0 Å². The highest BCUT2D eigenvalue weighted by atomic mass is 14.6. The maximum Gasteiger partial charge on any atom is 0.0346 e. The summed E-state index contributed by atoms with van der Waals surface area (Å²) in [6, 6.07) is 51.0. The van der Waals surface area contributed by atoms with Crippen LogP contribution in [0.5, 0.6) is 0 Å². The zero-order valence-electron chi connectivity index (χ0n) is 22.9. The van der Waals surface area contributed by atoms with Gasteiger partial charge in [-0.25, -0.2) is 0 Å². The Labute approximate surface area is 244 Å². The van der Waals surface area contributed by atoms with Crippen LogP contribution in [0.1, 0.15) is 0 Å². The van der Waals surface area contributed by atoms with Gasteiger partial charge in [-0.2, -0.15) is 0 Å². The van der Waals surface area contributed by atoms with Gasteiger partial charge in [0.2, 0.25) is 0 Å². The van der Waals surface area contributed by atoms with Crippen molar-refractivity contribution in [2.75, 3.05) is 0 Å². The molecular weight excluding hydrogens is 506 g/mol. The molecule has 0 saturated carbocycles. The van der Waals surface area contributed by atoms with Gasteiger partial charge in [-0.3, -0.25) is 4.98 Å². The third-order valence-corrected chi connectivity index (χ3v) is 8.88. The van der Waals surface area contributed by atoms with Crippen LogP contribution in [0.4, 0.5) is 0 Å². The van der Waals surface area contributed by atoms with Crippen molar-refractivity contribution in [1.82, 2.24) is 4.98 Å². The van der Waals surface area contributed by atoms with Gasteiger partial charge < -0.3 is 0 Å². The summed E-state index contributed by atoms with van der Waals surface area (Å²) in [5.74, 6) is 0. The number of nitrogens with zero attached hydrogens (tertiary/aromatic N) is 1. The minimum Gasteiger partial charge on any atom is -0.264 e. The molecule has 1 heterocycles. The summed E-state index contributed by atoms with van der Waals surface area (Å²) in [7, 11) is 0. The molecule has 7 aromatic carbocycles. The Hall–Kier alpha value is -5.53. The molecule has 0 saturated heterocycles. The van der Waals surface area contributed by atoms with Crippen LogP contribution < -0.4 is 0 Å². The van der Waals surface area contributed by atoms with E-state index in [1.807, 2.05) is 18.5 Å². The van der Waals surface area contributed by atoms with E-state index in [0.29, 0.717) is 0 Å². The minimum absolute atomic E-state index is 1.12. The monoisotopic (exact) mass is 531 g/mol. The molecular formula is C41H25N.